The summed E-state index contributed by atoms with van der Waals surface area (Å²) in [5.74, 6) is -0.125. The molecule has 1 atom stereocenters. The van der Waals surface area contributed by atoms with Crippen LogP contribution in [0, 0.1) is 6.92 Å². The van der Waals surface area contributed by atoms with E-state index in [0.29, 0.717) is 12.5 Å². The Balaban J connectivity index is 1.80. The van der Waals surface area contributed by atoms with E-state index >= 15 is 0 Å². The molecule has 0 bridgehead atoms. The predicted octanol–water partition coefficient (Wildman–Crippen LogP) is 1.52. The molecule has 0 N–H and O–H groups in total. The number of nitrogens with zero attached hydrogens (tertiary/aromatic N) is 3. The first-order valence-electron chi connectivity index (χ1n) is 7.02. The van der Waals surface area contributed by atoms with Crippen molar-refractivity contribution >= 4 is 17.3 Å². The van der Waals surface area contributed by atoms with Crippen LogP contribution in [0.1, 0.15) is 23.9 Å². The van der Waals surface area contributed by atoms with Crippen LogP contribution in [0.4, 0.5) is 0 Å². The van der Waals surface area contributed by atoms with Crippen molar-refractivity contribution in [1.29, 1.82) is 0 Å². The van der Waals surface area contributed by atoms with Crippen LogP contribution >= 0.6 is 11.3 Å². The fraction of sp³-hybridized carbons (Fsp3) is 0.714. The summed E-state index contributed by atoms with van der Waals surface area (Å²) >= 11 is 1.74. The molecule has 0 aliphatic carbocycles. The van der Waals surface area contributed by atoms with E-state index in [4.69, 9.17) is 4.74 Å². The van der Waals surface area contributed by atoms with E-state index in [0.717, 1.165) is 38.4 Å². The molecule has 20 heavy (non-hydrogen) atoms. The average Bonchev–Trinajstić information content (AvgIpc) is 2.84. The molecule has 6 heteroatoms. The maximum atomic E-state index is 11.2. The summed E-state index contributed by atoms with van der Waals surface area (Å²) in [6, 6.07) is 0.503. The van der Waals surface area contributed by atoms with Gasteiger partial charge in [0.05, 0.1) is 24.7 Å². The van der Waals surface area contributed by atoms with Gasteiger partial charge in [0.1, 0.15) is 0 Å². The van der Waals surface area contributed by atoms with Gasteiger partial charge in [0.2, 0.25) is 0 Å². The van der Waals surface area contributed by atoms with Crippen LogP contribution in [-0.4, -0.2) is 60.1 Å². The SMILES string of the molecule is COC(=O)CCN1CCN(Cc2scnc2C)C(C)C1. The number of hydrogen-bond donors (Lipinski definition) is 0. The number of ether oxygens (including phenoxy) is 1. The second-order valence-corrected chi connectivity index (χ2v) is 6.25. The number of aromatic nitrogens is 1. The van der Waals surface area contributed by atoms with Gasteiger partial charge in [0, 0.05) is 43.6 Å². The highest BCUT2D eigenvalue weighted by Gasteiger charge is 2.24. The largest absolute Gasteiger partial charge is 0.469 e. The number of methoxy groups -OCH3 is 1. The molecule has 1 unspecified atom stereocenters. The van der Waals surface area contributed by atoms with Crippen molar-refractivity contribution in [3.05, 3.63) is 16.1 Å². The summed E-state index contributed by atoms with van der Waals surface area (Å²) < 4.78 is 4.69. The topological polar surface area (TPSA) is 45.7 Å². The summed E-state index contributed by atoms with van der Waals surface area (Å²) in [5, 5.41) is 0. The van der Waals surface area contributed by atoms with Crippen LogP contribution < -0.4 is 0 Å². The zero-order chi connectivity index (χ0) is 14.5. The summed E-state index contributed by atoms with van der Waals surface area (Å²) in [5.41, 5.74) is 3.07. The highest BCUT2D eigenvalue weighted by atomic mass is 32.1. The van der Waals surface area contributed by atoms with Gasteiger partial charge in [0.25, 0.3) is 0 Å². The third kappa shape index (κ3) is 4.01. The maximum Gasteiger partial charge on any atom is 0.306 e. The van der Waals surface area contributed by atoms with Crippen LogP contribution in [0.15, 0.2) is 5.51 Å². The quantitative estimate of drug-likeness (QED) is 0.771. The third-order valence-electron chi connectivity index (χ3n) is 3.90. The predicted molar refractivity (Wildman–Crippen MR) is 79.8 cm³/mol. The van der Waals surface area contributed by atoms with Crippen molar-refractivity contribution < 1.29 is 9.53 Å². The first-order chi connectivity index (χ1) is 9.60. The molecule has 0 saturated carbocycles. The van der Waals surface area contributed by atoms with E-state index in [9.17, 15) is 4.79 Å². The zero-order valence-corrected chi connectivity index (χ0v) is 13.3. The van der Waals surface area contributed by atoms with Crippen LogP contribution in [0.3, 0.4) is 0 Å². The van der Waals surface area contributed by atoms with Gasteiger partial charge >= 0.3 is 5.97 Å². The second-order valence-electron chi connectivity index (χ2n) is 5.31. The van der Waals surface area contributed by atoms with E-state index in [1.165, 1.54) is 12.0 Å². The van der Waals surface area contributed by atoms with E-state index in [1.807, 2.05) is 5.51 Å². The van der Waals surface area contributed by atoms with Crippen LogP contribution in [0.5, 0.6) is 0 Å². The number of aryl methyl sites for hydroxylation is 1. The van der Waals surface area contributed by atoms with E-state index in [-0.39, 0.29) is 5.97 Å². The van der Waals surface area contributed by atoms with E-state index in [1.54, 1.807) is 11.3 Å². The summed E-state index contributed by atoms with van der Waals surface area (Å²) in [6.07, 6.45) is 0.483. The summed E-state index contributed by atoms with van der Waals surface area (Å²) in [7, 11) is 1.44. The Bertz CT molecular complexity index is 449. The Labute approximate surface area is 124 Å². The molecule has 1 aliphatic rings. The summed E-state index contributed by atoms with van der Waals surface area (Å²) in [6.45, 7) is 9.17. The lowest BCUT2D eigenvalue weighted by Gasteiger charge is -2.39. The molecule has 2 heterocycles. The highest BCUT2D eigenvalue weighted by Crippen LogP contribution is 2.19. The minimum absolute atomic E-state index is 0.125. The van der Waals surface area contributed by atoms with Crippen LogP contribution in [-0.2, 0) is 16.1 Å². The monoisotopic (exact) mass is 297 g/mol. The van der Waals surface area contributed by atoms with Crippen molar-refractivity contribution in [2.24, 2.45) is 0 Å². The molecule has 1 aliphatic heterocycles. The molecule has 0 radical (unpaired) electrons. The molecule has 1 aromatic heterocycles. The van der Waals surface area contributed by atoms with Gasteiger partial charge in [-0.1, -0.05) is 0 Å². The molecule has 2 rings (SSSR count). The number of carbonyl (C=O) groups excluding carboxylic acids is 1. The van der Waals surface area contributed by atoms with Crippen molar-refractivity contribution in [2.45, 2.75) is 32.9 Å². The molecular formula is C14H23N3O2S. The fourth-order valence-corrected chi connectivity index (χ4v) is 3.32. The third-order valence-corrected chi connectivity index (χ3v) is 4.82. The van der Waals surface area contributed by atoms with Gasteiger partial charge < -0.3 is 4.74 Å². The Morgan fingerprint density at radius 2 is 2.35 bits per heavy atom. The maximum absolute atomic E-state index is 11.2. The van der Waals surface area contributed by atoms with Gasteiger partial charge in [0.15, 0.2) is 0 Å². The highest BCUT2D eigenvalue weighted by molar-refractivity contribution is 7.09. The average molecular weight is 297 g/mol. The second kappa shape index (κ2) is 7.15. The first kappa shape index (κ1) is 15.4. The number of rotatable bonds is 5. The molecule has 0 amide bonds. The standard InChI is InChI=1S/C14H23N3O2S/c1-11-8-16(5-4-14(18)19-3)6-7-17(11)9-13-12(2)15-10-20-13/h10-11H,4-9H2,1-3H3. The molecule has 0 aromatic carbocycles. The van der Waals surface area contributed by atoms with Crippen molar-refractivity contribution in [1.82, 2.24) is 14.8 Å². The lowest BCUT2D eigenvalue weighted by molar-refractivity contribution is -0.141. The van der Waals surface area contributed by atoms with E-state index in [2.05, 4.69) is 28.6 Å². The van der Waals surface area contributed by atoms with Crippen molar-refractivity contribution in [3.8, 4) is 0 Å². The molecule has 112 valence electrons. The first-order valence-corrected chi connectivity index (χ1v) is 7.90. The molecule has 1 fully saturated rings. The minimum Gasteiger partial charge on any atom is -0.469 e. The normalized spacial score (nSPS) is 21.1. The number of thiazole rings is 1. The van der Waals surface area contributed by atoms with Gasteiger partial charge in [-0.05, 0) is 13.8 Å². The van der Waals surface area contributed by atoms with Gasteiger partial charge in [-0.25, -0.2) is 4.98 Å². The number of hydrogen-bond acceptors (Lipinski definition) is 6. The van der Waals surface area contributed by atoms with E-state index < -0.39 is 0 Å². The van der Waals surface area contributed by atoms with Gasteiger partial charge in [-0.15, -0.1) is 11.3 Å². The molecule has 1 aromatic rings. The lowest BCUT2D eigenvalue weighted by Crippen LogP contribution is -2.51. The lowest BCUT2D eigenvalue weighted by atomic mass is 10.1. The van der Waals surface area contributed by atoms with Gasteiger partial charge in [-0.2, -0.15) is 0 Å². The van der Waals surface area contributed by atoms with Crippen molar-refractivity contribution in [2.75, 3.05) is 33.3 Å². The Morgan fingerprint density at radius 1 is 1.55 bits per heavy atom. The van der Waals surface area contributed by atoms with Crippen LogP contribution in [0.2, 0.25) is 0 Å². The Hall–Kier alpha value is -0.980. The number of esters is 1. The molecular weight excluding hydrogens is 274 g/mol. The molecule has 0 spiro atoms. The number of carbonyl (C=O) groups is 1. The Morgan fingerprint density at radius 3 is 2.95 bits per heavy atom. The van der Waals surface area contributed by atoms with Crippen molar-refractivity contribution in [3.63, 3.8) is 0 Å². The molecule has 1 saturated heterocycles. The molecule has 5 nitrogen and oxygen atoms in total. The zero-order valence-electron chi connectivity index (χ0n) is 12.5. The number of piperazine rings is 1. The minimum atomic E-state index is -0.125. The van der Waals surface area contributed by atoms with Gasteiger partial charge in [-0.3, -0.25) is 14.6 Å². The Kier molecular flexibility index (Phi) is 5.51. The fourth-order valence-electron chi connectivity index (χ4n) is 2.52. The van der Waals surface area contributed by atoms with Crippen LogP contribution in [0.25, 0.3) is 0 Å². The smallest absolute Gasteiger partial charge is 0.306 e. The summed E-state index contributed by atoms with van der Waals surface area (Å²) in [4.78, 5) is 21.7.